The molecule has 2 N–H and O–H groups in total. The Morgan fingerprint density at radius 1 is 0.553 bits per heavy atom. The Morgan fingerprint density at radius 2 is 0.915 bits per heavy atom. The smallest absolute Gasteiger partial charge is 0.408 e. The maximum Gasteiger partial charge on any atom is 0.408 e. The summed E-state index contributed by atoms with van der Waals surface area (Å²) in [5.41, 5.74) is 0.277. The molecule has 0 aliphatic heterocycles. The summed E-state index contributed by atoms with van der Waals surface area (Å²) in [6.45, 7) is 10.1. The molecule has 0 heterocycles. The number of esters is 2. The summed E-state index contributed by atoms with van der Waals surface area (Å²) < 4.78 is 37.7. The van der Waals surface area contributed by atoms with Crippen LogP contribution in [0.4, 0.5) is 9.59 Å². The average molecular weight is 661 g/mol. The molecular formula is C34H48N2O11. The Balaban J connectivity index is 1.77. The van der Waals surface area contributed by atoms with E-state index in [1.54, 1.807) is 41.5 Å². The van der Waals surface area contributed by atoms with Gasteiger partial charge in [0.2, 0.25) is 0 Å². The molecule has 2 aromatic carbocycles. The van der Waals surface area contributed by atoms with Crippen molar-refractivity contribution in [3.63, 3.8) is 0 Å². The molecule has 2 amide bonds. The molecule has 0 bridgehead atoms. The standard InChI is InChI=1S/C34H48N2O11/c1-33(2,3)46-31(39)35-27(23-42-21-25-13-9-7-10-14-25)29(37)44-19-17-41-18-20-45-30(38)28(36-32(40)47-34(4,5)6)24-43-22-26-15-11-8-12-16-26/h7-16,27-28H,17-24H2,1-6H3,(H,35,39)(H,36,40)/t27-,28-/m0/s1. The van der Waals surface area contributed by atoms with Crippen LogP contribution in [0.25, 0.3) is 0 Å². The minimum Gasteiger partial charge on any atom is -0.462 e. The van der Waals surface area contributed by atoms with E-state index >= 15 is 0 Å². The number of hydrogen-bond donors (Lipinski definition) is 2. The molecule has 260 valence electrons. The normalized spacial score (nSPS) is 12.7. The van der Waals surface area contributed by atoms with Crippen LogP contribution in [0.3, 0.4) is 0 Å². The van der Waals surface area contributed by atoms with E-state index in [1.807, 2.05) is 60.7 Å². The number of rotatable bonds is 18. The lowest BCUT2D eigenvalue weighted by Crippen LogP contribution is -2.47. The van der Waals surface area contributed by atoms with Crippen LogP contribution in [-0.4, -0.2) is 87.1 Å². The SMILES string of the molecule is CC(C)(C)OC(=O)N[C@@H](COCc1ccccc1)C(=O)OCCOCCOC(=O)[C@H](COCc1ccccc1)NC(=O)OC(C)(C)C. The summed E-state index contributed by atoms with van der Waals surface area (Å²) in [7, 11) is 0. The first-order valence-corrected chi connectivity index (χ1v) is 15.4. The first kappa shape index (κ1) is 39.0. The fourth-order valence-electron chi connectivity index (χ4n) is 3.68. The molecule has 0 saturated heterocycles. The monoisotopic (exact) mass is 660 g/mol. The zero-order valence-electron chi connectivity index (χ0n) is 28.1. The molecule has 47 heavy (non-hydrogen) atoms. The second kappa shape index (κ2) is 20.1. The molecule has 0 aromatic heterocycles. The molecule has 0 fully saturated rings. The Hall–Kier alpha value is -4.20. The van der Waals surface area contributed by atoms with Gasteiger partial charge in [0, 0.05) is 0 Å². The summed E-state index contributed by atoms with van der Waals surface area (Å²) in [5, 5.41) is 4.97. The molecule has 0 aliphatic carbocycles. The fraction of sp³-hybridized carbons (Fsp3) is 0.529. The van der Waals surface area contributed by atoms with Crippen molar-refractivity contribution in [1.82, 2.24) is 10.6 Å². The number of nitrogens with one attached hydrogen (secondary N) is 2. The molecule has 2 aromatic rings. The predicted molar refractivity (Wildman–Crippen MR) is 171 cm³/mol. The van der Waals surface area contributed by atoms with Crippen molar-refractivity contribution in [3.8, 4) is 0 Å². The van der Waals surface area contributed by atoms with E-state index in [-0.39, 0.29) is 52.9 Å². The van der Waals surface area contributed by atoms with Gasteiger partial charge in [-0.05, 0) is 52.7 Å². The van der Waals surface area contributed by atoms with E-state index in [0.717, 1.165) is 11.1 Å². The Morgan fingerprint density at radius 3 is 1.26 bits per heavy atom. The number of amides is 2. The third-order valence-electron chi connectivity index (χ3n) is 5.69. The number of ether oxygens (including phenoxy) is 7. The third-order valence-corrected chi connectivity index (χ3v) is 5.69. The van der Waals surface area contributed by atoms with Crippen LogP contribution in [0, 0.1) is 0 Å². The van der Waals surface area contributed by atoms with Crippen molar-refractivity contribution in [2.75, 3.05) is 39.6 Å². The van der Waals surface area contributed by atoms with Crippen molar-refractivity contribution in [2.24, 2.45) is 0 Å². The molecule has 0 spiro atoms. The van der Waals surface area contributed by atoms with Crippen molar-refractivity contribution in [3.05, 3.63) is 71.8 Å². The van der Waals surface area contributed by atoms with E-state index in [4.69, 9.17) is 33.2 Å². The van der Waals surface area contributed by atoms with Crippen LogP contribution in [0.1, 0.15) is 52.7 Å². The first-order valence-electron chi connectivity index (χ1n) is 15.4. The number of benzene rings is 2. The van der Waals surface area contributed by atoms with E-state index in [2.05, 4.69) is 10.6 Å². The van der Waals surface area contributed by atoms with E-state index in [1.165, 1.54) is 0 Å². The van der Waals surface area contributed by atoms with Crippen molar-refractivity contribution in [2.45, 2.75) is 78.0 Å². The van der Waals surface area contributed by atoms with Gasteiger partial charge in [-0.3, -0.25) is 0 Å². The summed E-state index contributed by atoms with van der Waals surface area (Å²) in [5.74, 6) is -1.46. The molecule has 0 radical (unpaired) electrons. The zero-order valence-corrected chi connectivity index (χ0v) is 28.1. The topological polar surface area (TPSA) is 157 Å². The van der Waals surface area contributed by atoms with Crippen LogP contribution < -0.4 is 10.6 Å². The highest BCUT2D eigenvalue weighted by atomic mass is 16.6. The van der Waals surface area contributed by atoms with Gasteiger partial charge in [0.15, 0.2) is 12.1 Å². The van der Waals surface area contributed by atoms with Crippen molar-refractivity contribution in [1.29, 1.82) is 0 Å². The van der Waals surface area contributed by atoms with Gasteiger partial charge in [0.1, 0.15) is 24.4 Å². The molecule has 0 saturated carbocycles. The third kappa shape index (κ3) is 18.5. The Kier molecular flexibility index (Phi) is 16.7. The van der Waals surface area contributed by atoms with Crippen molar-refractivity contribution < 1.29 is 52.3 Å². The molecule has 0 unspecified atom stereocenters. The van der Waals surface area contributed by atoms with Gasteiger partial charge in [0.25, 0.3) is 0 Å². The van der Waals surface area contributed by atoms with E-state index < -0.39 is 47.4 Å². The lowest BCUT2D eigenvalue weighted by Gasteiger charge is -2.23. The number of alkyl carbamates (subject to hydrolysis) is 2. The lowest BCUT2D eigenvalue weighted by atomic mass is 10.2. The van der Waals surface area contributed by atoms with E-state index in [0.29, 0.717) is 0 Å². The van der Waals surface area contributed by atoms with Crippen molar-refractivity contribution >= 4 is 24.1 Å². The fourth-order valence-corrected chi connectivity index (χ4v) is 3.68. The number of hydrogen-bond acceptors (Lipinski definition) is 11. The average Bonchev–Trinajstić information content (AvgIpc) is 2.98. The van der Waals surface area contributed by atoms with Gasteiger partial charge in [-0.25, -0.2) is 19.2 Å². The highest BCUT2D eigenvalue weighted by Gasteiger charge is 2.27. The van der Waals surface area contributed by atoms with Gasteiger partial charge in [-0.1, -0.05) is 60.7 Å². The molecule has 13 nitrogen and oxygen atoms in total. The van der Waals surface area contributed by atoms with Crippen LogP contribution >= 0.6 is 0 Å². The second-order valence-electron chi connectivity index (χ2n) is 12.3. The Labute approximate surface area is 276 Å². The number of carbonyl (C=O) groups excluding carboxylic acids is 4. The van der Waals surface area contributed by atoms with Gasteiger partial charge in [-0.15, -0.1) is 0 Å². The largest absolute Gasteiger partial charge is 0.462 e. The summed E-state index contributed by atoms with van der Waals surface area (Å²) in [4.78, 5) is 50.1. The maximum absolute atomic E-state index is 12.7. The van der Waals surface area contributed by atoms with Crippen LogP contribution in [0.15, 0.2) is 60.7 Å². The first-order chi connectivity index (χ1) is 22.2. The second-order valence-corrected chi connectivity index (χ2v) is 12.3. The maximum atomic E-state index is 12.7. The minimum absolute atomic E-state index is 0.00685. The van der Waals surface area contributed by atoms with E-state index in [9.17, 15) is 19.2 Å². The molecule has 2 rings (SSSR count). The van der Waals surface area contributed by atoms with Crippen LogP contribution in [0.2, 0.25) is 0 Å². The van der Waals surface area contributed by atoms with Gasteiger partial charge < -0.3 is 43.8 Å². The molecule has 2 atom stereocenters. The summed E-state index contributed by atoms with van der Waals surface area (Å²) in [6.07, 6.45) is -1.57. The van der Waals surface area contributed by atoms with Gasteiger partial charge >= 0.3 is 24.1 Å². The Bertz CT molecular complexity index is 1130. The molecule has 13 heteroatoms. The van der Waals surface area contributed by atoms with Crippen LogP contribution in [-0.2, 0) is 56.0 Å². The zero-order chi connectivity index (χ0) is 34.7. The summed E-state index contributed by atoms with van der Waals surface area (Å²) >= 11 is 0. The predicted octanol–water partition coefficient (Wildman–Crippen LogP) is 4.31. The lowest BCUT2D eigenvalue weighted by molar-refractivity contribution is -0.151. The molecular weight excluding hydrogens is 612 g/mol. The molecule has 0 aliphatic rings. The number of carbonyl (C=O) groups is 4. The minimum atomic E-state index is -1.12. The van der Waals surface area contributed by atoms with Gasteiger partial charge in [-0.2, -0.15) is 0 Å². The quantitative estimate of drug-likeness (QED) is 0.133. The highest BCUT2D eigenvalue weighted by Crippen LogP contribution is 2.09. The highest BCUT2D eigenvalue weighted by molar-refractivity contribution is 5.82. The van der Waals surface area contributed by atoms with Crippen LogP contribution in [0.5, 0.6) is 0 Å². The van der Waals surface area contributed by atoms with Gasteiger partial charge in [0.05, 0.1) is 39.6 Å². The summed E-state index contributed by atoms with van der Waals surface area (Å²) in [6, 6.07) is 16.5.